The number of nitro benzene ring substituents is 1. The number of rotatable bonds is 5. The first-order valence-corrected chi connectivity index (χ1v) is 11.0. The first-order chi connectivity index (χ1) is 15.9. The molecule has 3 aromatic carbocycles. The SMILES string of the molecule is CCOC(=O)c1ccc(N2CCN(C(=O)c3cccc4c(Cl)cccc34)CC2)c([N+](=O)[O-])c1. The number of amides is 1. The summed E-state index contributed by atoms with van der Waals surface area (Å²) in [4.78, 5) is 39.9. The van der Waals surface area contributed by atoms with Crippen LogP contribution in [0.3, 0.4) is 0 Å². The van der Waals surface area contributed by atoms with Gasteiger partial charge < -0.3 is 14.5 Å². The van der Waals surface area contributed by atoms with Gasteiger partial charge in [0.05, 0.1) is 17.1 Å². The van der Waals surface area contributed by atoms with Crippen LogP contribution in [0.25, 0.3) is 10.8 Å². The van der Waals surface area contributed by atoms with Crippen LogP contribution in [-0.2, 0) is 4.74 Å². The Labute approximate surface area is 195 Å². The fraction of sp³-hybridized carbons (Fsp3) is 0.250. The molecule has 3 aromatic rings. The zero-order valence-corrected chi connectivity index (χ0v) is 18.7. The molecule has 4 rings (SSSR count). The lowest BCUT2D eigenvalue weighted by atomic mass is 10.0. The van der Waals surface area contributed by atoms with Crippen molar-refractivity contribution in [1.82, 2.24) is 4.90 Å². The minimum Gasteiger partial charge on any atom is -0.462 e. The Morgan fingerprint density at radius 2 is 1.73 bits per heavy atom. The lowest BCUT2D eigenvalue weighted by Gasteiger charge is -2.36. The molecule has 0 radical (unpaired) electrons. The number of ether oxygens (including phenoxy) is 1. The Bertz CT molecular complexity index is 1240. The Morgan fingerprint density at radius 1 is 1.03 bits per heavy atom. The van der Waals surface area contributed by atoms with Crippen molar-refractivity contribution in [1.29, 1.82) is 0 Å². The molecule has 1 fully saturated rings. The van der Waals surface area contributed by atoms with Gasteiger partial charge in [0.2, 0.25) is 0 Å². The number of halogens is 1. The molecule has 0 saturated carbocycles. The smallest absolute Gasteiger partial charge is 0.338 e. The Kier molecular flexibility index (Phi) is 6.46. The summed E-state index contributed by atoms with van der Waals surface area (Å²) in [7, 11) is 0. The lowest BCUT2D eigenvalue weighted by Crippen LogP contribution is -2.49. The number of nitrogens with zero attached hydrogens (tertiary/aromatic N) is 3. The molecular weight excluding hydrogens is 446 g/mol. The molecule has 1 saturated heterocycles. The van der Waals surface area contributed by atoms with Gasteiger partial charge in [0.25, 0.3) is 11.6 Å². The molecular formula is C24H22ClN3O5. The van der Waals surface area contributed by atoms with Crippen molar-refractivity contribution in [3.63, 3.8) is 0 Å². The second kappa shape index (κ2) is 9.46. The molecule has 0 bridgehead atoms. The van der Waals surface area contributed by atoms with Gasteiger partial charge in [-0.25, -0.2) is 4.79 Å². The Hall–Kier alpha value is -3.65. The molecule has 0 atom stereocenters. The molecule has 0 unspecified atom stereocenters. The van der Waals surface area contributed by atoms with Crippen LogP contribution in [0.2, 0.25) is 5.02 Å². The lowest BCUT2D eigenvalue weighted by molar-refractivity contribution is -0.384. The van der Waals surface area contributed by atoms with Crippen LogP contribution in [0.15, 0.2) is 54.6 Å². The predicted molar refractivity (Wildman–Crippen MR) is 126 cm³/mol. The molecule has 0 aliphatic carbocycles. The zero-order chi connectivity index (χ0) is 23.5. The maximum absolute atomic E-state index is 13.2. The minimum absolute atomic E-state index is 0.102. The van der Waals surface area contributed by atoms with Crippen LogP contribution in [0.1, 0.15) is 27.6 Å². The van der Waals surface area contributed by atoms with Gasteiger partial charge in [0.1, 0.15) is 5.69 Å². The number of fused-ring (bicyclic) bond motifs is 1. The van der Waals surface area contributed by atoms with Gasteiger partial charge >= 0.3 is 5.97 Å². The second-order valence-electron chi connectivity index (χ2n) is 7.60. The Morgan fingerprint density at radius 3 is 2.42 bits per heavy atom. The minimum atomic E-state index is -0.599. The topological polar surface area (TPSA) is 93.0 Å². The molecule has 33 heavy (non-hydrogen) atoms. The third-order valence-corrected chi connectivity index (χ3v) is 6.02. The van der Waals surface area contributed by atoms with E-state index in [1.807, 2.05) is 29.2 Å². The van der Waals surface area contributed by atoms with Gasteiger partial charge in [0.15, 0.2) is 0 Å². The van der Waals surface area contributed by atoms with E-state index in [1.165, 1.54) is 12.1 Å². The maximum atomic E-state index is 13.2. The van der Waals surface area contributed by atoms with Crippen molar-refractivity contribution in [2.45, 2.75) is 6.92 Å². The molecule has 0 N–H and O–H groups in total. The number of hydrogen-bond acceptors (Lipinski definition) is 6. The molecule has 1 amide bonds. The molecule has 1 aliphatic heterocycles. The fourth-order valence-electron chi connectivity index (χ4n) is 4.06. The standard InChI is InChI=1S/C24H22ClN3O5/c1-2-33-24(30)16-9-10-21(22(15-16)28(31)32)26-11-13-27(14-12-26)23(29)19-7-3-6-18-17(19)5-4-8-20(18)25/h3-10,15H,2,11-14H2,1H3. The van der Waals surface area contributed by atoms with Gasteiger partial charge in [-0.2, -0.15) is 0 Å². The summed E-state index contributed by atoms with van der Waals surface area (Å²) in [6.07, 6.45) is 0. The summed E-state index contributed by atoms with van der Waals surface area (Å²) in [5, 5.41) is 13.9. The molecule has 170 valence electrons. The van der Waals surface area contributed by atoms with Crippen molar-refractivity contribution < 1.29 is 19.2 Å². The molecule has 1 aliphatic rings. The summed E-state index contributed by atoms with van der Waals surface area (Å²) in [6, 6.07) is 15.3. The average Bonchev–Trinajstić information content (AvgIpc) is 2.83. The van der Waals surface area contributed by atoms with E-state index >= 15 is 0 Å². The number of piperazine rings is 1. The van der Waals surface area contributed by atoms with E-state index in [4.69, 9.17) is 16.3 Å². The highest BCUT2D eigenvalue weighted by Gasteiger charge is 2.28. The molecule has 9 heteroatoms. The van der Waals surface area contributed by atoms with Gasteiger partial charge in [-0.1, -0.05) is 35.9 Å². The molecule has 0 spiro atoms. The second-order valence-corrected chi connectivity index (χ2v) is 8.01. The predicted octanol–water partition coefficient (Wildman–Crippen LogP) is 4.54. The highest BCUT2D eigenvalue weighted by atomic mass is 35.5. The van der Waals surface area contributed by atoms with E-state index in [0.29, 0.717) is 42.5 Å². The third-order valence-electron chi connectivity index (χ3n) is 5.69. The van der Waals surface area contributed by atoms with Crippen LogP contribution in [0, 0.1) is 10.1 Å². The summed E-state index contributed by atoms with van der Waals surface area (Å²) in [5.41, 5.74) is 0.963. The van der Waals surface area contributed by atoms with Crippen molar-refractivity contribution in [3.8, 4) is 0 Å². The number of carbonyl (C=O) groups is 2. The number of carbonyl (C=O) groups excluding carboxylic acids is 2. The molecule has 8 nitrogen and oxygen atoms in total. The first kappa shape index (κ1) is 22.5. The van der Waals surface area contributed by atoms with E-state index in [-0.39, 0.29) is 23.8 Å². The van der Waals surface area contributed by atoms with E-state index in [0.717, 1.165) is 10.8 Å². The highest BCUT2D eigenvalue weighted by molar-refractivity contribution is 6.36. The number of anilines is 1. The monoisotopic (exact) mass is 467 g/mol. The maximum Gasteiger partial charge on any atom is 0.338 e. The van der Waals surface area contributed by atoms with Gasteiger partial charge in [-0.15, -0.1) is 0 Å². The van der Waals surface area contributed by atoms with E-state index in [2.05, 4.69) is 0 Å². The summed E-state index contributed by atoms with van der Waals surface area (Å²) >= 11 is 6.28. The van der Waals surface area contributed by atoms with Crippen LogP contribution >= 0.6 is 11.6 Å². The van der Waals surface area contributed by atoms with Crippen molar-refractivity contribution >= 4 is 45.6 Å². The average molecular weight is 468 g/mol. The number of esters is 1. The fourth-order valence-corrected chi connectivity index (χ4v) is 4.29. The summed E-state index contributed by atoms with van der Waals surface area (Å²) in [5.74, 6) is -0.701. The van der Waals surface area contributed by atoms with E-state index in [9.17, 15) is 19.7 Å². The van der Waals surface area contributed by atoms with Crippen LogP contribution < -0.4 is 4.90 Å². The normalized spacial score (nSPS) is 13.8. The van der Waals surface area contributed by atoms with Gasteiger partial charge in [-0.3, -0.25) is 14.9 Å². The van der Waals surface area contributed by atoms with Crippen molar-refractivity contribution in [3.05, 3.63) is 80.9 Å². The van der Waals surface area contributed by atoms with Crippen LogP contribution in [0.5, 0.6) is 0 Å². The number of hydrogen-bond donors (Lipinski definition) is 0. The summed E-state index contributed by atoms with van der Waals surface area (Å²) in [6.45, 7) is 3.54. The van der Waals surface area contributed by atoms with Crippen molar-refractivity contribution in [2.75, 3.05) is 37.7 Å². The quantitative estimate of drug-likeness (QED) is 0.310. The van der Waals surface area contributed by atoms with Gasteiger partial charge in [0, 0.05) is 48.2 Å². The first-order valence-electron chi connectivity index (χ1n) is 10.6. The largest absolute Gasteiger partial charge is 0.462 e. The van der Waals surface area contributed by atoms with Crippen molar-refractivity contribution in [2.24, 2.45) is 0 Å². The highest BCUT2D eigenvalue weighted by Crippen LogP contribution is 2.31. The molecule has 0 aromatic heterocycles. The summed E-state index contributed by atoms with van der Waals surface area (Å²) < 4.78 is 4.94. The van der Waals surface area contributed by atoms with Crippen LogP contribution in [-0.4, -0.2) is 54.5 Å². The van der Waals surface area contributed by atoms with Gasteiger partial charge in [-0.05, 0) is 36.6 Å². The molecule has 1 heterocycles. The third kappa shape index (κ3) is 4.47. The number of nitro groups is 1. The van der Waals surface area contributed by atoms with Crippen LogP contribution in [0.4, 0.5) is 11.4 Å². The number of benzene rings is 3. The van der Waals surface area contributed by atoms with E-state index < -0.39 is 10.9 Å². The zero-order valence-electron chi connectivity index (χ0n) is 18.0. The Balaban J connectivity index is 1.53. The van der Waals surface area contributed by atoms with E-state index in [1.54, 1.807) is 30.0 Å².